The second-order valence-electron chi connectivity index (χ2n) is 10.8. The van der Waals surface area contributed by atoms with Gasteiger partial charge in [-0.15, -0.1) is 0 Å². The van der Waals surface area contributed by atoms with Crippen molar-refractivity contribution in [3.05, 3.63) is 68.8 Å². The Labute approximate surface area is 226 Å². The van der Waals surface area contributed by atoms with Crippen molar-refractivity contribution in [2.45, 2.75) is 67.9 Å². The van der Waals surface area contributed by atoms with Gasteiger partial charge in [0.05, 0.1) is 0 Å². The van der Waals surface area contributed by atoms with E-state index in [0.29, 0.717) is 11.1 Å². The Morgan fingerprint density at radius 1 is 0.684 bits per heavy atom. The van der Waals surface area contributed by atoms with Gasteiger partial charge in [0.2, 0.25) is 0 Å². The van der Waals surface area contributed by atoms with Crippen molar-refractivity contribution in [3.63, 3.8) is 0 Å². The largest absolute Gasteiger partial charge is 0.480 e. The van der Waals surface area contributed by atoms with Crippen molar-refractivity contribution < 1.29 is 29.0 Å². The van der Waals surface area contributed by atoms with Gasteiger partial charge < -0.3 is 19.6 Å². The van der Waals surface area contributed by atoms with Crippen LogP contribution in [0.3, 0.4) is 0 Å². The van der Waals surface area contributed by atoms with Gasteiger partial charge in [0.15, 0.2) is 0 Å². The number of benzene rings is 2. The van der Waals surface area contributed by atoms with Crippen LogP contribution >= 0.6 is 0 Å². The average Bonchev–Trinajstić information content (AvgIpc) is 2.77. The maximum Gasteiger partial charge on any atom is 0.326 e. The predicted molar refractivity (Wildman–Crippen MR) is 149 cm³/mol. The molecule has 0 radical (unpaired) electrons. The van der Waals surface area contributed by atoms with Gasteiger partial charge >= 0.3 is 11.9 Å². The summed E-state index contributed by atoms with van der Waals surface area (Å²) < 4.78 is 5.23. The minimum absolute atomic E-state index is 0.0535. The van der Waals surface area contributed by atoms with Gasteiger partial charge in [-0.05, 0) is 120 Å². The summed E-state index contributed by atoms with van der Waals surface area (Å²) in [5.74, 6) is -1.86. The fourth-order valence-corrected chi connectivity index (χ4v) is 3.67. The number of carboxylic acid groups (broad SMARTS) is 1. The third-order valence-electron chi connectivity index (χ3n) is 6.20. The summed E-state index contributed by atoms with van der Waals surface area (Å²) in [6.07, 6.45) is 0. The van der Waals surface area contributed by atoms with Crippen LogP contribution in [0.2, 0.25) is 0 Å². The van der Waals surface area contributed by atoms with Crippen LogP contribution in [0.1, 0.15) is 74.9 Å². The summed E-state index contributed by atoms with van der Waals surface area (Å²) in [4.78, 5) is 49.2. The Morgan fingerprint density at radius 2 is 1.00 bits per heavy atom. The lowest BCUT2D eigenvalue weighted by molar-refractivity contribution is -0.155. The monoisotopic (exact) mass is 526 g/mol. The number of aryl methyl sites for hydroxylation is 4. The fourth-order valence-electron chi connectivity index (χ4n) is 3.67. The fraction of sp³-hybridized carbons (Fsp3) is 0.467. The molecule has 0 aromatic heterocycles. The standard InChI is InChI=1S/C17H25NO3.C13H17NO3/c1-11-8-14(9-12(2)13(11)3)16(20)18(7)10-15(19)21-17(4,5)6;1-8-5-11(6-9(2)10(8)3)13(17)14(4)7-12(15)16/h8-9H,10H2,1-7H3;5-6H,7H2,1-4H3,(H,15,16). The number of hydrogen-bond donors (Lipinski definition) is 1. The zero-order chi connectivity index (χ0) is 29.5. The molecule has 8 nitrogen and oxygen atoms in total. The van der Waals surface area contributed by atoms with Crippen molar-refractivity contribution in [2.75, 3.05) is 27.2 Å². The molecule has 0 aliphatic rings. The highest BCUT2D eigenvalue weighted by molar-refractivity contribution is 5.97. The van der Waals surface area contributed by atoms with Gasteiger partial charge in [0.25, 0.3) is 11.8 Å². The van der Waals surface area contributed by atoms with Gasteiger partial charge in [-0.25, -0.2) is 0 Å². The predicted octanol–water partition coefficient (Wildman–Crippen LogP) is 4.79. The van der Waals surface area contributed by atoms with Gasteiger partial charge in [0, 0.05) is 25.2 Å². The molecule has 0 aliphatic carbocycles. The molecule has 0 aliphatic heterocycles. The second kappa shape index (κ2) is 13.2. The number of rotatable bonds is 6. The molecule has 0 spiro atoms. The molecule has 0 saturated heterocycles. The molecular formula is C30H42N2O6. The Bertz CT molecular complexity index is 1160. The summed E-state index contributed by atoms with van der Waals surface area (Å²) in [5, 5.41) is 8.64. The van der Waals surface area contributed by atoms with Gasteiger partial charge in [-0.3, -0.25) is 19.2 Å². The van der Waals surface area contributed by atoms with Crippen molar-refractivity contribution in [3.8, 4) is 0 Å². The van der Waals surface area contributed by atoms with Crippen LogP contribution in [0, 0.1) is 41.5 Å². The highest BCUT2D eigenvalue weighted by Crippen LogP contribution is 2.18. The van der Waals surface area contributed by atoms with Crippen molar-refractivity contribution in [1.29, 1.82) is 0 Å². The van der Waals surface area contributed by atoms with Crippen LogP contribution in [0.5, 0.6) is 0 Å². The molecule has 2 aromatic carbocycles. The lowest BCUT2D eigenvalue weighted by Crippen LogP contribution is -2.36. The van der Waals surface area contributed by atoms with Crippen molar-refractivity contribution in [1.82, 2.24) is 9.80 Å². The second-order valence-corrected chi connectivity index (χ2v) is 10.8. The summed E-state index contributed by atoms with van der Waals surface area (Å²) in [6.45, 7) is 16.9. The third-order valence-corrected chi connectivity index (χ3v) is 6.20. The highest BCUT2D eigenvalue weighted by Gasteiger charge is 2.21. The van der Waals surface area contributed by atoms with Crippen molar-refractivity contribution >= 4 is 23.8 Å². The van der Waals surface area contributed by atoms with E-state index >= 15 is 0 Å². The Kier molecular flexibility index (Phi) is 11.3. The maximum atomic E-state index is 12.4. The average molecular weight is 527 g/mol. The molecule has 38 heavy (non-hydrogen) atoms. The highest BCUT2D eigenvalue weighted by atomic mass is 16.6. The van der Waals surface area contributed by atoms with E-state index in [2.05, 4.69) is 0 Å². The normalized spacial score (nSPS) is 10.7. The van der Waals surface area contributed by atoms with Gasteiger partial charge in [0.1, 0.15) is 18.7 Å². The summed E-state index contributed by atoms with van der Waals surface area (Å²) in [5.41, 5.74) is 7.15. The summed E-state index contributed by atoms with van der Waals surface area (Å²) in [6, 6.07) is 7.30. The van der Waals surface area contributed by atoms with Crippen LogP contribution in [0.25, 0.3) is 0 Å². The molecule has 1 N–H and O–H groups in total. The SMILES string of the molecule is Cc1cc(C(=O)N(C)CC(=O)O)cc(C)c1C.Cc1cc(C(=O)N(C)CC(=O)OC(C)(C)C)cc(C)c1C. The zero-order valence-corrected chi connectivity index (χ0v) is 24.6. The van der Waals surface area contributed by atoms with E-state index in [-0.39, 0.29) is 24.9 Å². The molecule has 0 atom stereocenters. The van der Waals surface area contributed by atoms with E-state index in [1.807, 2.05) is 53.7 Å². The first-order valence-corrected chi connectivity index (χ1v) is 12.4. The first-order chi connectivity index (χ1) is 17.3. The molecule has 0 heterocycles. The van der Waals surface area contributed by atoms with E-state index in [0.717, 1.165) is 27.8 Å². The number of nitrogens with zero attached hydrogens (tertiary/aromatic N) is 2. The molecule has 2 amide bonds. The molecule has 0 unspecified atom stereocenters. The Morgan fingerprint density at radius 3 is 1.29 bits per heavy atom. The molecule has 208 valence electrons. The number of hydrogen-bond acceptors (Lipinski definition) is 5. The number of ether oxygens (including phenoxy) is 1. The number of aliphatic carboxylic acids is 1. The number of carbonyl (C=O) groups is 4. The van der Waals surface area contributed by atoms with Crippen LogP contribution in [0.15, 0.2) is 24.3 Å². The molecule has 0 saturated carbocycles. The minimum atomic E-state index is -1.01. The number of carbonyl (C=O) groups excluding carboxylic acids is 3. The van der Waals surface area contributed by atoms with E-state index in [1.54, 1.807) is 40.0 Å². The third kappa shape index (κ3) is 9.65. The number of likely N-dealkylation sites (N-methyl/N-ethyl adjacent to an activating group) is 2. The maximum absolute atomic E-state index is 12.4. The van der Waals surface area contributed by atoms with E-state index in [1.165, 1.54) is 22.4 Å². The zero-order valence-electron chi connectivity index (χ0n) is 24.6. The van der Waals surface area contributed by atoms with E-state index in [4.69, 9.17) is 9.84 Å². The van der Waals surface area contributed by atoms with Crippen LogP contribution in [0.4, 0.5) is 0 Å². The Balaban J connectivity index is 0.000000389. The van der Waals surface area contributed by atoms with Gasteiger partial charge in [-0.2, -0.15) is 0 Å². The van der Waals surface area contributed by atoms with E-state index in [9.17, 15) is 19.2 Å². The molecule has 2 aromatic rings. The quantitative estimate of drug-likeness (QED) is 0.543. The number of esters is 1. The molecule has 8 heteroatoms. The molecule has 2 rings (SSSR count). The lowest BCUT2D eigenvalue weighted by Gasteiger charge is -2.23. The lowest BCUT2D eigenvalue weighted by atomic mass is 10.00. The smallest absolute Gasteiger partial charge is 0.326 e. The minimum Gasteiger partial charge on any atom is -0.480 e. The first-order valence-electron chi connectivity index (χ1n) is 12.4. The number of carboxylic acids is 1. The first kappa shape index (κ1) is 32.3. The summed E-state index contributed by atoms with van der Waals surface area (Å²) in [7, 11) is 3.09. The molecule has 0 fully saturated rings. The van der Waals surface area contributed by atoms with Gasteiger partial charge in [-0.1, -0.05) is 0 Å². The molecular weight excluding hydrogens is 484 g/mol. The van der Waals surface area contributed by atoms with Crippen LogP contribution < -0.4 is 0 Å². The van der Waals surface area contributed by atoms with Crippen molar-refractivity contribution in [2.24, 2.45) is 0 Å². The van der Waals surface area contributed by atoms with Crippen LogP contribution in [-0.4, -0.2) is 71.4 Å². The topological polar surface area (TPSA) is 104 Å². The molecule has 0 bridgehead atoms. The Hall–Kier alpha value is -3.68. The number of amides is 2. The van der Waals surface area contributed by atoms with E-state index < -0.39 is 17.5 Å². The summed E-state index contributed by atoms with van der Waals surface area (Å²) >= 11 is 0. The van der Waals surface area contributed by atoms with Crippen LogP contribution in [-0.2, 0) is 14.3 Å².